The van der Waals surface area contributed by atoms with Crippen molar-refractivity contribution < 1.29 is 0 Å². The third-order valence-electron chi connectivity index (χ3n) is 4.32. The monoisotopic (exact) mass is 328 g/mol. The summed E-state index contributed by atoms with van der Waals surface area (Å²) in [6.45, 7) is 14.8. The lowest BCUT2D eigenvalue weighted by atomic mass is 9.80. The Labute approximate surface area is 149 Å². The van der Waals surface area contributed by atoms with E-state index in [-0.39, 0.29) is 5.54 Å². The summed E-state index contributed by atoms with van der Waals surface area (Å²) in [4.78, 5) is 0. The summed E-state index contributed by atoms with van der Waals surface area (Å²) in [5.74, 6) is 1.13. The fourth-order valence-electron chi connectivity index (χ4n) is 1.88. The van der Waals surface area contributed by atoms with Gasteiger partial charge in [0.25, 0.3) is 0 Å². The second kappa shape index (κ2) is 11.7. The highest BCUT2D eigenvalue weighted by Gasteiger charge is 2.26. The average Bonchev–Trinajstić information content (AvgIpc) is 2.59. The van der Waals surface area contributed by atoms with Gasteiger partial charge in [0.15, 0.2) is 0 Å². The number of anilines is 2. The third kappa shape index (κ3) is 8.16. The fraction of sp³-hybridized carbons (Fsp3) is 0.455. The van der Waals surface area contributed by atoms with Crippen LogP contribution in [0.1, 0.15) is 48.5 Å². The molecule has 2 nitrogen and oxygen atoms in total. The minimum absolute atomic E-state index is 0.000000000000000222. The van der Waals surface area contributed by atoms with E-state index in [0.717, 1.165) is 11.4 Å². The Hall–Kier alpha value is -1.80. The van der Waals surface area contributed by atoms with Crippen molar-refractivity contribution in [2.45, 2.75) is 54.0 Å². The van der Waals surface area contributed by atoms with Gasteiger partial charge in [0, 0.05) is 16.9 Å². The van der Waals surface area contributed by atoms with E-state index in [9.17, 15) is 0 Å². The summed E-state index contributed by atoms with van der Waals surface area (Å²) in [7, 11) is 0. The molecule has 0 aromatic heterocycles. The summed E-state index contributed by atoms with van der Waals surface area (Å²) >= 11 is 0. The molecule has 0 radical (unpaired) electrons. The quantitative estimate of drug-likeness (QED) is 0.674. The van der Waals surface area contributed by atoms with Gasteiger partial charge in [-0.25, -0.2) is 0 Å². The minimum Gasteiger partial charge on any atom is -0.356 e. The highest BCUT2D eigenvalue weighted by molar-refractivity contribution is 5.58. The Bertz CT molecular complexity index is 469. The van der Waals surface area contributed by atoms with Crippen LogP contribution in [0, 0.1) is 11.8 Å². The number of hydrogen-bond acceptors (Lipinski definition) is 2. The van der Waals surface area contributed by atoms with Gasteiger partial charge in [-0.2, -0.15) is 0 Å². The van der Waals surface area contributed by atoms with Crippen molar-refractivity contribution in [3.05, 3.63) is 60.7 Å². The van der Waals surface area contributed by atoms with Crippen LogP contribution >= 0.6 is 0 Å². The van der Waals surface area contributed by atoms with Gasteiger partial charge in [0.05, 0.1) is 0 Å². The van der Waals surface area contributed by atoms with Crippen LogP contribution in [0.5, 0.6) is 0 Å². The lowest BCUT2D eigenvalue weighted by molar-refractivity contribution is 0.250. The SMILES string of the molecule is CC.CC(C)C(C)(N)C(C)C.c1ccc(Nc2ccccc2)cc1. The fourth-order valence-corrected chi connectivity index (χ4v) is 1.88. The number of benzene rings is 2. The summed E-state index contributed by atoms with van der Waals surface area (Å²) in [5.41, 5.74) is 8.24. The first-order chi connectivity index (χ1) is 11.3. The molecular formula is C22H36N2. The van der Waals surface area contributed by atoms with E-state index in [1.165, 1.54) is 0 Å². The molecular weight excluding hydrogens is 292 g/mol. The topological polar surface area (TPSA) is 38.0 Å². The Morgan fingerprint density at radius 3 is 1.21 bits per heavy atom. The van der Waals surface area contributed by atoms with E-state index in [0.29, 0.717) is 11.8 Å². The molecule has 0 atom stereocenters. The first kappa shape index (κ1) is 22.2. The van der Waals surface area contributed by atoms with Gasteiger partial charge in [-0.3, -0.25) is 0 Å². The molecule has 2 aromatic rings. The van der Waals surface area contributed by atoms with Crippen molar-refractivity contribution in [1.29, 1.82) is 0 Å². The van der Waals surface area contributed by atoms with Gasteiger partial charge >= 0.3 is 0 Å². The van der Waals surface area contributed by atoms with Gasteiger partial charge in [-0.05, 0) is 43.0 Å². The van der Waals surface area contributed by atoms with Crippen LogP contribution in [-0.4, -0.2) is 5.54 Å². The third-order valence-corrected chi connectivity index (χ3v) is 4.32. The van der Waals surface area contributed by atoms with Crippen LogP contribution in [0.3, 0.4) is 0 Å². The summed E-state index contributed by atoms with van der Waals surface area (Å²) in [5, 5.41) is 3.30. The van der Waals surface area contributed by atoms with E-state index >= 15 is 0 Å². The predicted octanol–water partition coefficient (Wildman–Crippen LogP) is 6.47. The lowest BCUT2D eigenvalue weighted by Crippen LogP contribution is -2.46. The normalized spacial score (nSPS) is 10.4. The zero-order valence-corrected chi connectivity index (χ0v) is 16.5. The average molecular weight is 329 g/mol. The maximum Gasteiger partial charge on any atom is 0.0384 e. The molecule has 0 saturated carbocycles. The van der Waals surface area contributed by atoms with Crippen molar-refractivity contribution >= 4 is 11.4 Å². The first-order valence-electron chi connectivity index (χ1n) is 9.00. The molecule has 0 saturated heterocycles. The highest BCUT2D eigenvalue weighted by Crippen LogP contribution is 2.21. The lowest BCUT2D eigenvalue weighted by Gasteiger charge is -2.33. The number of nitrogens with one attached hydrogen (secondary N) is 1. The zero-order chi connectivity index (χ0) is 18.6. The van der Waals surface area contributed by atoms with E-state index < -0.39 is 0 Å². The molecule has 24 heavy (non-hydrogen) atoms. The molecule has 134 valence electrons. The van der Waals surface area contributed by atoms with E-state index in [1.807, 2.05) is 74.5 Å². The van der Waals surface area contributed by atoms with Crippen molar-refractivity contribution in [3.63, 3.8) is 0 Å². The largest absolute Gasteiger partial charge is 0.356 e. The molecule has 2 aromatic carbocycles. The maximum absolute atomic E-state index is 6.00. The van der Waals surface area contributed by atoms with Gasteiger partial charge in [0.2, 0.25) is 0 Å². The van der Waals surface area contributed by atoms with Crippen molar-refractivity contribution in [3.8, 4) is 0 Å². The maximum atomic E-state index is 6.00. The molecule has 0 bridgehead atoms. The second-order valence-corrected chi connectivity index (χ2v) is 6.53. The Balaban J connectivity index is 0.000000426. The van der Waals surface area contributed by atoms with Gasteiger partial charge < -0.3 is 11.1 Å². The molecule has 2 heteroatoms. The zero-order valence-electron chi connectivity index (χ0n) is 16.5. The van der Waals surface area contributed by atoms with Crippen molar-refractivity contribution in [2.75, 3.05) is 5.32 Å². The Morgan fingerprint density at radius 1 is 0.708 bits per heavy atom. The molecule has 2 rings (SSSR count). The van der Waals surface area contributed by atoms with Gasteiger partial charge in [-0.1, -0.05) is 77.9 Å². The summed E-state index contributed by atoms with van der Waals surface area (Å²) < 4.78 is 0. The number of para-hydroxylation sites is 2. The number of nitrogens with two attached hydrogens (primary N) is 1. The molecule has 0 unspecified atom stereocenters. The smallest absolute Gasteiger partial charge is 0.0384 e. The molecule has 0 heterocycles. The van der Waals surface area contributed by atoms with Crippen LogP contribution in [0.15, 0.2) is 60.7 Å². The minimum atomic E-state index is 0.000000000000000222. The van der Waals surface area contributed by atoms with Gasteiger partial charge in [-0.15, -0.1) is 0 Å². The second-order valence-electron chi connectivity index (χ2n) is 6.53. The van der Waals surface area contributed by atoms with E-state index in [2.05, 4.69) is 39.9 Å². The Kier molecular flexibility index (Phi) is 10.8. The van der Waals surface area contributed by atoms with Gasteiger partial charge in [0.1, 0.15) is 0 Å². The molecule has 3 N–H and O–H groups in total. The van der Waals surface area contributed by atoms with Crippen molar-refractivity contribution in [1.82, 2.24) is 0 Å². The van der Waals surface area contributed by atoms with Crippen LogP contribution in [0.4, 0.5) is 11.4 Å². The summed E-state index contributed by atoms with van der Waals surface area (Å²) in [6, 6.07) is 20.3. The van der Waals surface area contributed by atoms with E-state index in [1.54, 1.807) is 0 Å². The van der Waals surface area contributed by atoms with Crippen LogP contribution in [0.25, 0.3) is 0 Å². The molecule has 0 amide bonds. The Morgan fingerprint density at radius 2 is 1.00 bits per heavy atom. The predicted molar refractivity (Wildman–Crippen MR) is 110 cm³/mol. The number of rotatable bonds is 4. The summed E-state index contributed by atoms with van der Waals surface area (Å²) in [6.07, 6.45) is 0. The van der Waals surface area contributed by atoms with Crippen LogP contribution < -0.4 is 11.1 Å². The van der Waals surface area contributed by atoms with Crippen molar-refractivity contribution in [2.24, 2.45) is 17.6 Å². The standard InChI is InChI=1S/C12H11N.C8H19N.C2H6/c1-3-7-11(8-4-1)13-12-9-5-2-6-10-12;1-6(2)8(5,9)7(3)4;1-2/h1-10,13H;6-7H,9H2,1-5H3;1-2H3. The molecule has 0 aliphatic carbocycles. The molecule has 0 spiro atoms. The molecule has 0 aliphatic rings. The van der Waals surface area contributed by atoms with Crippen LogP contribution in [0.2, 0.25) is 0 Å². The van der Waals surface area contributed by atoms with Crippen LogP contribution in [-0.2, 0) is 0 Å². The highest BCUT2D eigenvalue weighted by atomic mass is 14.9. The molecule has 0 fully saturated rings. The molecule has 0 aliphatic heterocycles. The number of hydrogen-bond donors (Lipinski definition) is 2. The van der Waals surface area contributed by atoms with E-state index in [4.69, 9.17) is 5.73 Å². The first-order valence-corrected chi connectivity index (χ1v) is 9.00.